The van der Waals surface area contributed by atoms with Crippen LogP contribution in [0.2, 0.25) is 0 Å². The molecule has 0 spiro atoms. The quantitative estimate of drug-likeness (QED) is 0.513. The van der Waals surface area contributed by atoms with Gasteiger partial charge in [-0.25, -0.2) is 4.79 Å². The van der Waals surface area contributed by atoms with Crippen molar-refractivity contribution in [1.29, 1.82) is 0 Å². The molecule has 2 aromatic carbocycles. The predicted molar refractivity (Wildman–Crippen MR) is 95.0 cm³/mol. The minimum atomic E-state index is -0.957. The first-order valence-electron chi connectivity index (χ1n) is 5.67. The van der Waals surface area contributed by atoms with Crippen LogP contribution in [-0.4, -0.2) is 11.1 Å². The first-order chi connectivity index (χ1) is 9.88. The van der Waals surface area contributed by atoms with E-state index in [-0.39, 0.29) is 5.56 Å². The minimum Gasteiger partial charge on any atom is -0.486 e. The van der Waals surface area contributed by atoms with Gasteiger partial charge in [-0.1, -0.05) is 37.9 Å². The number of carbonyl (C=O) groups is 1. The zero-order valence-electron chi connectivity index (χ0n) is 10.4. The highest BCUT2D eigenvalue weighted by Gasteiger charge is 2.11. The van der Waals surface area contributed by atoms with Crippen LogP contribution in [0.15, 0.2) is 48.2 Å². The molecule has 3 nitrogen and oxygen atoms in total. The zero-order chi connectivity index (χ0) is 15.6. The van der Waals surface area contributed by atoms with Crippen molar-refractivity contribution >= 4 is 69.7 Å². The van der Waals surface area contributed by atoms with E-state index < -0.39 is 5.97 Å². The molecule has 21 heavy (non-hydrogen) atoms. The third-order valence-electron chi connectivity index (χ3n) is 2.64. The minimum absolute atomic E-state index is 0.233. The molecule has 0 saturated carbocycles. The van der Waals surface area contributed by atoms with Crippen molar-refractivity contribution < 1.29 is 14.6 Å². The van der Waals surface area contributed by atoms with Gasteiger partial charge in [-0.05, 0) is 56.1 Å². The van der Waals surface area contributed by atoms with Gasteiger partial charge >= 0.3 is 5.97 Å². The van der Waals surface area contributed by atoms with E-state index in [0.717, 1.165) is 19.0 Å². The number of aromatic carboxylic acids is 1. The topological polar surface area (TPSA) is 46.5 Å². The zero-order valence-corrected chi connectivity index (χ0v) is 16.7. The molecule has 0 unspecified atom stereocenters. The lowest BCUT2D eigenvalue weighted by atomic mass is 10.1. The number of rotatable bonds is 4. The molecule has 0 heterocycles. The molecule has 0 fully saturated rings. The van der Waals surface area contributed by atoms with E-state index >= 15 is 0 Å². The summed E-state index contributed by atoms with van der Waals surface area (Å²) in [5, 5.41) is 8.94. The van der Waals surface area contributed by atoms with Gasteiger partial charge in [0.25, 0.3) is 0 Å². The third kappa shape index (κ3) is 4.31. The third-order valence-corrected chi connectivity index (χ3v) is 5.01. The van der Waals surface area contributed by atoms with Gasteiger partial charge in [0.1, 0.15) is 12.4 Å². The van der Waals surface area contributed by atoms with Gasteiger partial charge in [0, 0.05) is 14.5 Å². The summed E-state index contributed by atoms with van der Waals surface area (Å²) in [6.07, 6.45) is 0. The Labute approximate surface area is 155 Å². The van der Waals surface area contributed by atoms with Gasteiger partial charge in [-0.15, -0.1) is 0 Å². The predicted octanol–water partition coefficient (Wildman–Crippen LogP) is 6.01. The molecule has 2 aromatic rings. The first-order valence-corrected chi connectivity index (χ1v) is 8.84. The molecule has 0 saturated heterocycles. The summed E-state index contributed by atoms with van der Waals surface area (Å²) < 4.78 is 9.07. The summed E-state index contributed by atoms with van der Waals surface area (Å²) >= 11 is 13.7. The molecule has 110 valence electrons. The highest BCUT2D eigenvalue weighted by atomic mass is 79.9. The SMILES string of the molecule is O=C(O)c1ccc(COc2c(Br)cc(Br)cc2Br)c(Br)c1. The number of carboxylic acid groups (broad SMARTS) is 1. The number of hydrogen-bond acceptors (Lipinski definition) is 2. The maximum absolute atomic E-state index is 10.9. The molecule has 0 aliphatic carbocycles. The Morgan fingerprint density at radius 2 is 1.62 bits per heavy atom. The van der Waals surface area contributed by atoms with Gasteiger partial charge in [0.2, 0.25) is 0 Å². The van der Waals surface area contributed by atoms with Gasteiger partial charge in [0.05, 0.1) is 14.5 Å². The van der Waals surface area contributed by atoms with Crippen molar-refractivity contribution in [2.24, 2.45) is 0 Å². The maximum atomic E-state index is 10.9. The molecule has 0 amide bonds. The molecule has 0 atom stereocenters. The number of carboxylic acids is 1. The average Bonchev–Trinajstić information content (AvgIpc) is 2.38. The normalized spacial score (nSPS) is 10.5. The van der Waals surface area contributed by atoms with Crippen molar-refractivity contribution in [3.8, 4) is 5.75 Å². The lowest BCUT2D eigenvalue weighted by molar-refractivity contribution is 0.0696. The van der Waals surface area contributed by atoms with Gasteiger partial charge in [-0.2, -0.15) is 0 Å². The lowest BCUT2D eigenvalue weighted by Crippen LogP contribution is -2.01. The van der Waals surface area contributed by atoms with E-state index in [1.807, 2.05) is 12.1 Å². The fourth-order valence-corrected chi connectivity index (χ4v) is 4.60. The van der Waals surface area contributed by atoms with E-state index in [1.165, 1.54) is 0 Å². The molecular formula is C14H8Br4O3. The van der Waals surface area contributed by atoms with Crippen LogP contribution in [0, 0.1) is 0 Å². The monoisotopic (exact) mass is 540 g/mol. The van der Waals surface area contributed by atoms with Crippen LogP contribution in [0.25, 0.3) is 0 Å². The van der Waals surface area contributed by atoms with Crippen LogP contribution in [0.5, 0.6) is 5.75 Å². The Kier molecular flexibility index (Phi) is 5.88. The van der Waals surface area contributed by atoms with Crippen LogP contribution in [-0.2, 0) is 6.61 Å². The summed E-state index contributed by atoms with van der Waals surface area (Å²) in [6.45, 7) is 0.319. The average molecular weight is 544 g/mol. The van der Waals surface area contributed by atoms with Crippen LogP contribution in [0.4, 0.5) is 0 Å². The van der Waals surface area contributed by atoms with E-state index in [0.29, 0.717) is 16.8 Å². The lowest BCUT2D eigenvalue weighted by Gasteiger charge is -2.12. The summed E-state index contributed by atoms with van der Waals surface area (Å²) in [4.78, 5) is 10.9. The summed E-state index contributed by atoms with van der Waals surface area (Å²) in [5.74, 6) is -0.269. The molecule has 0 radical (unpaired) electrons. The molecule has 0 aromatic heterocycles. The van der Waals surface area contributed by atoms with Crippen LogP contribution < -0.4 is 4.74 Å². The molecule has 7 heteroatoms. The smallest absolute Gasteiger partial charge is 0.335 e. The summed E-state index contributed by atoms with van der Waals surface area (Å²) in [5.41, 5.74) is 1.10. The van der Waals surface area contributed by atoms with E-state index in [1.54, 1.807) is 18.2 Å². The maximum Gasteiger partial charge on any atom is 0.335 e. The number of ether oxygens (including phenoxy) is 1. The molecule has 2 rings (SSSR count). The first kappa shape index (κ1) is 17.0. The number of hydrogen-bond donors (Lipinski definition) is 1. The largest absolute Gasteiger partial charge is 0.486 e. The molecule has 0 aliphatic rings. The molecular weight excluding hydrogens is 536 g/mol. The van der Waals surface area contributed by atoms with Crippen molar-refractivity contribution in [2.45, 2.75) is 6.61 Å². The van der Waals surface area contributed by atoms with Crippen LogP contribution in [0.1, 0.15) is 15.9 Å². The highest BCUT2D eigenvalue weighted by molar-refractivity contribution is 9.11. The molecule has 0 bridgehead atoms. The second-order valence-corrected chi connectivity index (χ2v) is 7.58. The van der Waals surface area contributed by atoms with E-state index in [2.05, 4.69) is 63.7 Å². The standard InChI is InChI=1S/C14H8Br4O3/c15-9-4-11(17)13(12(18)5-9)21-6-8-2-1-7(14(19)20)3-10(8)16/h1-5H,6H2,(H,19,20). The second-order valence-electron chi connectivity index (χ2n) is 4.10. The van der Waals surface area contributed by atoms with Gasteiger partial charge < -0.3 is 9.84 Å². The Balaban J connectivity index is 2.19. The Hall–Kier alpha value is -0.370. The highest BCUT2D eigenvalue weighted by Crippen LogP contribution is 2.37. The second kappa shape index (κ2) is 7.26. The number of halogens is 4. The van der Waals surface area contributed by atoms with Gasteiger partial charge in [-0.3, -0.25) is 0 Å². The summed E-state index contributed by atoms with van der Waals surface area (Å²) in [7, 11) is 0. The van der Waals surface area contributed by atoms with Crippen molar-refractivity contribution in [1.82, 2.24) is 0 Å². The van der Waals surface area contributed by atoms with E-state index in [4.69, 9.17) is 9.84 Å². The van der Waals surface area contributed by atoms with Crippen molar-refractivity contribution in [3.05, 3.63) is 59.3 Å². The summed E-state index contributed by atoms with van der Waals surface area (Å²) in [6, 6.07) is 8.63. The molecule has 1 N–H and O–H groups in total. The Morgan fingerprint density at radius 3 is 2.14 bits per heavy atom. The fraction of sp³-hybridized carbons (Fsp3) is 0.0714. The van der Waals surface area contributed by atoms with Gasteiger partial charge in [0.15, 0.2) is 0 Å². The fourth-order valence-electron chi connectivity index (χ4n) is 1.61. The van der Waals surface area contributed by atoms with Crippen LogP contribution >= 0.6 is 63.7 Å². The molecule has 0 aliphatic heterocycles. The number of benzene rings is 2. The Bertz CT molecular complexity index is 678. The van der Waals surface area contributed by atoms with Crippen molar-refractivity contribution in [3.63, 3.8) is 0 Å². The Morgan fingerprint density at radius 1 is 1.00 bits per heavy atom. The van der Waals surface area contributed by atoms with E-state index in [9.17, 15) is 4.79 Å². The van der Waals surface area contributed by atoms with Crippen molar-refractivity contribution in [2.75, 3.05) is 0 Å². The van der Waals surface area contributed by atoms with Crippen LogP contribution in [0.3, 0.4) is 0 Å².